The molecule has 1 aliphatic rings. The van der Waals surface area contributed by atoms with E-state index in [0.717, 1.165) is 16.9 Å². The van der Waals surface area contributed by atoms with Crippen molar-refractivity contribution in [3.63, 3.8) is 0 Å². The number of nitrogens with zero attached hydrogens (tertiary/aromatic N) is 2. The SMILES string of the molecule is Cc1ccc(NC(=O)c2cnc(Nc3ccc4c(c3)OCO4)nc2)cc1. The van der Waals surface area contributed by atoms with E-state index in [0.29, 0.717) is 23.0 Å². The molecule has 0 fully saturated rings. The molecule has 7 heteroatoms. The van der Waals surface area contributed by atoms with E-state index < -0.39 is 0 Å². The van der Waals surface area contributed by atoms with E-state index in [-0.39, 0.29) is 12.7 Å². The molecule has 1 aliphatic heterocycles. The molecule has 2 aromatic carbocycles. The van der Waals surface area contributed by atoms with Crippen LogP contribution in [0.25, 0.3) is 0 Å². The molecule has 0 aliphatic carbocycles. The van der Waals surface area contributed by atoms with Crippen molar-refractivity contribution in [2.45, 2.75) is 6.92 Å². The van der Waals surface area contributed by atoms with Crippen molar-refractivity contribution in [2.75, 3.05) is 17.4 Å². The molecule has 0 saturated heterocycles. The monoisotopic (exact) mass is 348 g/mol. The molecular weight excluding hydrogens is 332 g/mol. The summed E-state index contributed by atoms with van der Waals surface area (Å²) in [7, 11) is 0. The third-order valence-electron chi connectivity index (χ3n) is 3.85. The molecule has 1 aromatic heterocycles. The Morgan fingerprint density at radius 1 is 0.962 bits per heavy atom. The third kappa shape index (κ3) is 3.41. The van der Waals surface area contributed by atoms with E-state index in [1.54, 1.807) is 0 Å². The first-order valence-electron chi connectivity index (χ1n) is 8.04. The van der Waals surface area contributed by atoms with Crippen LogP contribution < -0.4 is 20.1 Å². The number of amides is 1. The standard InChI is InChI=1S/C19H16N4O3/c1-12-2-4-14(5-3-12)22-18(24)13-9-20-19(21-10-13)23-15-6-7-16-17(8-15)26-11-25-16/h2-10H,11H2,1H3,(H,22,24)(H,20,21,23). The van der Waals surface area contributed by atoms with Gasteiger partial charge in [0, 0.05) is 29.8 Å². The summed E-state index contributed by atoms with van der Waals surface area (Å²) in [5.41, 5.74) is 3.00. The summed E-state index contributed by atoms with van der Waals surface area (Å²) in [5.74, 6) is 1.50. The van der Waals surface area contributed by atoms with Crippen LogP contribution in [0.15, 0.2) is 54.9 Å². The highest BCUT2D eigenvalue weighted by Gasteiger charge is 2.14. The molecule has 4 rings (SSSR count). The van der Waals surface area contributed by atoms with E-state index in [9.17, 15) is 4.79 Å². The lowest BCUT2D eigenvalue weighted by Gasteiger charge is -2.07. The highest BCUT2D eigenvalue weighted by Crippen LogP contribution is 2.34. The number of hydrogen-bond acceptors (Lipinski definition) is 6. The first-order chi connectivity index (χ1) is 12.7. The molecule has 0 saturated carbocycles. The zero-order valence-electron chi connectivity index (χ0n) is 14.0. The Labute approximate surface area is 150 Å². The second-order valence-electron chi connectivity index (χ2n) is 5.81. The van der Waals surface area contributed by atoms with Crippen molar-refractivity contribution in [3.8, 4) is 11.5 Å². The summed E-state index contributed by atoms with van der Waals surface area (Å²) in [6.07, 6.45) is 2.96. The highest BCUT2D eigenvalue weighted by atomic mass is 16.7. The molecule has 1 amide bonds. The molecule has 2 heterocycles. The molecule has 3 aromatic rings. The second kappa shape index (κ2) is 6.72. The van der Waals surface area contributed by atoms with E-state index in [1.165, 1.54) is 12.4 Å². The average molecular weight is 348 g/mol. The zero-order valence-corrected chi connectivity index (χ0v) is 14.0. The number of nitrogens with one attached hydrogen (secondary N) is 2. The molecule has 2 N–H and O–H groups in total. The maximum absolute atomic E-state index is 12.3. The van der Waals surface area contributed by atoms with Crippen LogP contribution in [0.2, 0.25) is 0 Å². The van der Waals surface area contributed by atoms with Crippen LogP contribution in [0.4, 0.5) is 17.3 Å². The van der Waals surface area contributed by atoms with Gasteiger partial charge in [0.05, 0.1) is 5.56 Å². The quantitative estimate of drug-likeness (QED) is 0.750. The van der Waals surface area contributed by atoms with Gasteiger partial charge < -0.3 is 20.1 Å². The average Bonchev–Trinajstić information content (AvgIpc) is 3.12. The number of benzene rings is 2. The summed E-state index contributed by atoms with van der Waals surface area (Å²) in [6, 6.07) is 13.0. The lowest BCUT2D eigenvalue weighted by molar-refractivity contribution is 0.102. The van der Waals surface area contributed by atoms with Crippen LogP contribution in [-0.4, -0.2) is 22.7 Å². The van der Waals surface area contributed by atoms with E-state index in [2.05, 4.69) is 20.6 Å². The van der Waals surface area contributed by atoms with Gasteiger partial charge in [0.25, 0.3) is 5.91 Å². The minimum Gasteiger partial charge on any atom is -0.454 e. The van der Waals surface area contributed by atoms with Crippen LogP contribution in [0.3, 0.4) is 0 Å². The maximum Gasteiger partial charge on any atom is 0.258 e. The van der Waals surface area contributed by atoms with Gasteiger partial charge in [-0.15, -0.1) is 0 Å². The first-order valence-corrected chi connectivity index (χ1v) is 8.04. The van der Waals surface area contributed by atoms with Crippen molar-refractivity contribution in [1.29, 1.82) is 0 Å². The van der Waals surface area contributed by atoms with Crippen LogP contribution >= 0.6 is 0 Å². The number of ether oxygens (including phenoxy) is 2. The third-order valence-corrected chi connectivity index (χ3v) is 3.85. The van der Waals surface area contributed by atoms with Gasteiger partial charge >= 0.3 is 0 Å². The number of hydrogen-bond donors (Lipinski definition) is 2. The molecular formula is C19H16N4O3. The Bertz CT molecular complexity index is 940. The van der Waals surface area contributed by atoms with E-state index in [4.69, 9.17) is 9.47 Å². The van der Waals surface area contributed by atoms with Gasteiger partial charge in [-0.05, 0) is 31.2 Å². The zero-order chi connectivity index (χ0) is 17.9. The number of aryl methyl sites for hydroxylation is 1. The summed E-state index contributed by atoms with van der Waals surface area (Å²) in [5, 5.41) is 5.88. The Morgan fingerprint density at radius 2 is 1.65 bits per heavy atom. The first kappa shape index (κ1) is 15.9. The molecule has 0 unspecified atom stereocenters. The fraction of sp³-hybridized carbons (Fsp3) is 0.105. The van der Waals surface area contributed by atoms with Crippen molar-refractivity contribution in [2.24, 2.45) is 0 Å². The number of carbonyl (C=O) groups is 1. The Balaban J connectivity index is 1.43. The number of aromatic nitrogens is 2. The molecule has 0 radical (unpaired) electrons. The van der Waals surface area contributed by atoms with Crippen LogP contribution in [0.5, 0.6) is 11.5 Å². The summed E-state index contributed by atoms with van der Waals surface area (Å²) in [4.78, 5) is 20.6. The van der Waals surface area contributed by atoms with Gasteiger partial charge in [0.15, 0.2) is 11.5 Å². The fourth-order valence-electron chi connectivity index (χ4n) is 2.45. The summed E-state index contributed by atoms with van der Waals surface area (Å²) >= 11 is 0. The largest absolute Gasteiger partial charge is 0.454 e. The van der Waals surface area contributed by atoms with Gasteiger partial charge in [-0.3, -0.25) is 4.79 Å². The normalized spacial score (nSPS) is 11.9. The molecule has 0 spiro atoms. The smallest absolute Gasteiger partial charge is 0.258 e. The van der Waals surface area contributed by atoms with Gasteiger partial charge in [-0.1, -0.05) is 17.7 Å². The van der Waals surface area contributed by atoms with Gasteiger partial charge in [0.1, 0.15) is 0 Å². The van der Waals surface area contributed by atoms with Crippen LogP contribution in [0.1, 0.15) is 15.9 Å². The summed E-state index contributed by atoms with van der Waals surface area (Å²) < 4.78 is 10.6. The van der Waals surface area contributed by atoms with E-state index in [1.807, 2.05) is 49.4 Å². The van der Waals surface area contributed by atoms with Crippen molar-refractivity contribution < 1.29 is 14.3 Å². The molecule has 26 heavy (non-hydrogen) atoms. The topological polar surface area (TPSA) is 85.4 Å². The fourth-order valence-corrected chi connectivity index (χ4v) is 2.45. The number of fused-ring (bicyclic) bond motifs is 1. The Morgan fingerprint density at radius 3 is 2.42 bits per heavy atom. The molecule has 7 nitrogen and oxygen atoms in total. The van der Waals surface area contributed by atoms with E-state index >= 15 is 0 Å². The predicted octanol–water partition coefficient (Wildman–Crippen LogP) is 3.51. The predicted molar refractivity (Wildman–Crippen MR) is 97.0 cm³/mol. The molecule has 0 bridgehead atoms. The van der Waals surface area contributed by atoms with Gasteiger partial charge in [-0.2, -0.15) is 0 Å². The molecule has 130 valence electrons. The Hall–Kier alpha value is -3.61. The van der Waals surface area contributed by atoms with Crippen LogP contribution in [-0.2, 0) is 0 Å². The van der Waals surface area contributed by atoms with Crippen molar-refractivity contribution in [3.05, 3.63) is 66.0 Å². The van der Waals surface area contributed by atoms with Gasteiger partial charge in [-0.25, -0.2) is 9.97 Å². The minimum absolute atomic E-state index is 0.222. The lowest BCUT2D eigenvalue weighted by Crippen LogP contribution is -2.13. The summed E-state index contributed by atoms with van der Waals surface area (Å²) in [6.45, 7) is 2.21. The molecule has 0 atom stereocenters. The van der Waals surface area contributed by atoms with Crippen molar-refractivity contribution in [1.82, 2.24) is 9.97 Å². The number of carbonyl (C=O) groups excluding carboxylic acids is 1. The Kier molecular flexibility index (Phi) is 4.10. The van der Waals surface area contributed by atoms with Crippen LogP contribution in [0, 0.1) is 6.92 Å². The minimum atomic E-state index is -0.261. The highest BCUT2D eigenvalue weighted by molar-refractivity contribution is 6.03. The lowest BCUT2D eigenvalue weighted by atomic mass is 10.2. The number of anilines is 3. The maximum atomic E-state index is 12.3. The van der Waals surface area contributed by atoms with Crippen molar-refractivity contribution >= 4 is 23.2 Å². The van der Waals surface area contributed by atoms with Gasteiger partial charge in [0.2, 0.25) is 12.7 Å². The number of rotatable bonds is 4. The second-order valence-corrected chi connectivity index (χ2v) is 5.81.